The van der Waals surface area contributed by atoms with Crippen LogP contribution in [-0.4, -0.2) is 5.78 Å². The first kappa shape index (κ1) is 10.2. The van der Waals surface area contributed by atoms with Crippen LogP contribution in [0.5, 0.6) is 0 Å². The van der Waals surface area contributed by atoms with Crippen LogP contribution in [-0.2, 0) is 0 Å². The highest BCUT2D eigenvalue weighted by Crippen LogP contribution is 2.39. The Labute approximate surface area is 115 Å². The normalized spacial score (nSPS) is 13.9. The third-order valence-corrected chi connectivity index (χ3v) is 4.34. The highest BCUT2D eigenvalue weighted by atomic mass is 16.1. The van der Waals surface area contributed by atoms with Crippen molar-refractivity contribution in [3.8, 4) is 0 Å². The summed E-state index contributed by atoms with van der Waals surface area (Å²) < 4.78 is 0. The predicted octanol–water partition coefficient (Wildman–Crippen LogP) is 4.79. The van der Waals surface area contributed by atoms with Gasteiger partial charge in [0.1, 0.15) is 0 Å². The molecule has 0 saturated carbocycles. The smallest absolute Gasteiger partial charge is 0.186 e. The summed E-state index contributed by atoms with van der Waals surface area (Å²) in [6.07, 6.45) is 3.61. The molecule has 0 unspecified atom stereocenters. The van der Waals surface area contributed by atoms with Crippen molar-refractivity contribution in [3.05, 3.63) is 65.7 Å². The average Bonchev–Trinajstić information content (AvgIpc) is 2.50. The van der Waals surface area contributed by atoms with Gasteiger partial charge in [0.25, 0.3) is 0 Å². The zero-order valence-corrected chi connectivity index (χ0v) is 10.7. The fourth-order valence-corrected chi connectivity index (χ4v) is 3.47. The average molecular weight is 254 g/mol. The minimum Gasteiger partial charge on any atom is -0.289 e. The molecule has 5 rings (SSSR count). The van der Waals surface area contributed by atoms with E-state index in [1.807, 2.05) is 12.1 Å². The minimum absolute atomic E-state index is 0.108. The van der Waals surface area contributed by atoms with Gasteiger partial charge >= 0.3 is 0 Å². The molecule has 0 aliphatic heterocycles. The quantitative estimate of drug-likeness (QED) is 0.412. The van der Waals surface area contributed by atoms with Gasteiger partial charge < -0.3 is 0 Å². The zero-order valence-electron chi connectivity index (χ0n) is 10.7. The van der Waals surface area contributed by atoms with Crippen molar-refractivity contribution in [2.45, 2.75) is 0 Å². The Morgan fingerprint density at radius 1 is 0.650 bits per heavy atom. The van der Waals surface area contributed by atoms with Gasteiger partial charge in [-0.15, -0.1) is 0 Å². The molecule has 0 heterocycles. The van der Waals surface area contributed by atoms with E-state index in [2.05, 4.69) is 42.5 Å². The van der Waals surface area contributed by atoms with Crippen LogP contribution >= 0.6 is 0 Å². The molecule has 0 radical (unpaired) electrons. The van der Waals surface area contributed by atoms with Crippen LogP contribution in [0, 0.1) is 0 Å². The highest BCUT2D eigenvalue weighted by molar-refractivity contribution is 6.31. The topological polar surface area (TPSA) is 17.1 Å². The molecule has 0 saturated heterocycles. The van der Waals surface area contributed by atoms with Crippen LogP contribution in [0.15, 0.2) is 54.6 Å². The van der Waals surface area contributed by atoms with Gasteiger partial charge in [-0.2, -0.15) is 0 Å². The Kier molecular flexibility index (Phi) is 1.65. The van der Waals surface area contributed by atoms with Crippen LogP contribution in [0.2, 0.25) is 0 Å². The van der Waals surface area contributed by atoms with Crippen molar-refractivity contribution < 1.29 is 4.79 Å². The third-order valence-electron chi connectivity index (χ3n) is 4.34. The van der Waals surface area contributed by atoms with E-state index in [0.29, 0.717) is 0 Å². The Morgan fingerprint density at radius 3 is 2.30 bits per heavy atom. The lowest BCUT2D eigenvalue weighted by Crippen LogP contribution is -2.02. The number of benzene rings is 4. The second-order valence-electron chi connectivity index (χ2n) is 5.39. The predicted molar refractivity (Wildman–Crippen MR) is 83.5 cm³/mol. The van der Waals surface area contributed by atoms with E-state index in [4.69, 9.17) is 0 Å². The monoisotopic (exact) mass is 254 g/mol. The number of carbonyl (C=O) groups is 1. The van der Waals surface area contributed by atoms with Gasteiger partial charge in [-0.3, -0.25) is 4.79 Å². The van der Waals surface area contributed by atoms with E-state index in [1.165, 1.54) is 21.5 Å². The number of ketones is 1. The SMILES string of the molecule is O=C1C=Cc2ccc3ccc4cccc5cc1c2c3c45. The van der Waals surface area contributed by atoms with Gasteiger partial charge in [-0.25, -0.2) is 0 Å². The summed E-state index contributed by atoms with van der Waals surface area (Å²) in [6, 6.07) is 16.9. The Balaban J connectivity index is 2.24. The number of carbonyl (C=O) groups excluding carboxylic acids is 1. The zero-order chi connectivity index (χ0) is 13.3. The van der Waals surface area contributed by atoms with Gasteiger partial charge in [0.15, 0.2) is 5.78 Å². The van der Waals surface area contributed by atoms with E-state index in [9.17, 15) is 4.79 Å². The molecule has 1 aliphatic rings. The molecule has 92 valence electrons. The molecule has 1 aliphatic carbocycles. The Morgan fingerprint density at radius 2 is 1.40 bits per heavy atom. The van der Waals surface area contributed by atoms with E-state index in [0.717, 1.165) is 21.9 Å². The molecule has 0 spiro atoms. The summed E-state index contributed by atoms with van der Waals surface area (Å²) in [5, 5.41) is 7.20. The number of rotatable bonds is 0. The molecule has 0 fully saturated rings. The number of hydrogen-bond acceptors (Lipinski definition) is 1. The first-order chi connectivity index (χ1) is 9.83. The molecular weight excluding hydrogens is 244 g/mol. The second kappa shape index (κ2) is 3.26. The summed E-state index contributed by atoms with van der Waals surface area (Å²) in [6.45, 7) is 0. The largest absolute Gasteiger partial charge is 0.289 e. The molecule has 0 N–H and O–H groups in total. The summed E-state index contributed by atoms with van der Waals surface area (Å²) in [5.41, 5.74) is 1.98. The molecule has 1 nitrogen and oxygen atoms in total. The number of allylic oxidation sites excluding steroid dienone is 1. The first-order valence-corrected chi connectivity index (χ1v) is 6.76. The van der Waals surface area contributed by atoms with Gasteiger partial charge in [-0.1, -0.05) is 48.5 Å². The molecule has 0 atom stereocenters. The molecule has 20 heavy (non-hydrogen) atoms. The molecule has 4 aromatic rings. The fourth-order valence-electron chi connectivity index (χ4n) is 3.47. The van der Waals surface area contributed by atoms with Gasteiger partial charge in [0, 0.05) is 10.9 Å². The lowest BCUT2D eigenvalue weighted by molar-refractivity contribution is 0.104. The minimum atomic E-state index is 0.108. The summed E-state index contributed by atoms with van der Waals surface area (Å²) in [4.78, 5) is 12.2. The maximum atomic E-state index is 12.2. The Bertz CT molecular complexity index is 1050. The van der Waals surface area contributed by atoms with Crippen molar-refractivity contribution in [2.24, 2.45) is 0 Å². The van der Waals surface area contributed by atoms with Gasteiger partial charge in [0.05, 0.1) is 0 Å². The van der Waals surface area contributed by atoms with Crippen molar-refractivity contribution in [1.82, 2.24) is 0 Å². The molecule has 0 bridgehead atoms. The Hall–Kier alpha value is -2.67. The van der Waals surface area contributed by atoms with Crippen molar-refractivity contribution in [1.29, 1.82) is 0 Å². The standard InChI is InChI=1S/C19H10O/c20-16-9-8-12-5-7-13-6-4-11-2-1-3-14-10-15(16)18(12)19(13)17(11)14/h1-10H. The van der Waals surface area contributed by atoms with Crippen molar-refractivity contribution in [3.63, 3.8) is 0 Å². The van der Waals surface area contributed by atoms with Crippen LogP contribution in [0.1, 0.15) is 15.9 Å². The van der Waals surface area contributed by atoms with Gasteiger partial charge in [-0.05, 0) is 44.6 Å². The number of hydrogen-bond donors (Lipinski definition) is 0. The summed E-state index contributed by atoms with van der Waals surface area (Å²) in [5.74, 6) is 0.108. The summed E-state index contributed by atoms with van der Waals surface area (Å²) >= 11 is 0. The van der Waals surface area contributed by atoms with Crippen molar-refractivity contribution in [2.75, 3.05) is 0 Å². The molecule has 1 heteroatoms. The maximum Gasteiger partial charge on any atom is 0.186 e. The maximum absolute atomic E-state index is 12.2. The molecule has 0 aromatic heterocycles. The van der Waals surface area contributed by atoms with Crippen LogP contribution in [0.4, 0.5) is 0 Å². The third kappa shape index (κ3) is 1.07. The van der Waals surface area contributed by atoms with E-state index < -0.39 is 0 Å². The van der Waals surface area contributed by atoms with E-state index >= 15 is 0 Å². The molecule has 0 amide bonds. The van der Waals surface area contributed by atoms with E-state index in [1.54, 1.807) is 6.08 Å². The van der Waals surface area contributed by atoms with Crippen LogP contribution in [0.3, 0.4) is 0 Å². The van der Waals surface area contributed by atoms with Crippen LogP contribution in [0.25, 0.3) is 38.4 Å². The molecular formula is C19H10O. The van der Waals surface area contributed by atoms with E-state index in [-0.39, 0.29) is 5.78 Å². The highest BCUT2D eigenvalue weighted by Gasteiger charge is 2.19. The second-order valence-corrected chi connectivity index (χ2v) is 5.39. The fraction of sp³-hybridized carbons (Fsp3) is 0. The van der Waals surface area contributed by atoms with Crippen molar-refractivity contribution >= 4 is 44.2 Å². The van der Waals surface area contributed by atoms with Gasteiger partial charge in [0.2, 0.25) is 0 Å². The lowest BCUT2D eigenvalue weighted by Gasteiger charge is -2.17. The first-order valence-electron chi connectivity index (χ1n) is 6.76. The molecule has 4 aromatic carbocycles. The lowest BCUT2D eigenvalue weighted by atomic mass is 9.85. The summed E-state index contributed by atoms with van der Waals surface area (Å²) in [7, 11) is 0. The van der Waals surface area contributed by atoms with Crippen LogP contribution < -0.4 is 0 Å².